The maximum Gasteiger partial charge on any atom is 0.762 e. The lowest BCUT2D eigenvalue weighted by Crippen LogP contribution is -3.00. The molecule has 0 radical (unpaired) electrons. The fraction of sp³-hybridized carbons (Fsp3) is 0.589. The van der Waals surface area contributed by atoms with Crippen LogP contribution in [0.2, 0.25) is 0 Å². The zero-order valence-corrected chi connectivity index (χ0v) is 65.6. The predicted octanol–water partition coefficient (Wildman–Crippen LogP) is 22.3. The van der Waals surface area contributed by atoms with Gasteiger partial charge in [0.2, 0.25) is 17.1 Å². The number of fused-ring (bicyclic) bond motifs is 3. The summed E-state index contributed by atoms with van der Waals surface area (Å²) in [5.41, 5.74) is 13.4. The number of anilines is 6. The van der Waals surface area contributed by atoms with Crippen molar-refractivity contribution in [1.29, 1.82) is 0 Å². The van der Waals surface area contributed by atoms with Crippen LogP contribution in [0, 0.1) is 111 Å². The minimum atomic E-state index is -3.67. The number of amides is 2. The van der Waals surface area contributed by atoms with Crippen molar-refractivity contribution in [2.75, 3.05) is 37.7 Å². The largest absolute Gasteiger partial charge is 1.00 e. The molecular weight excluding hydrogens is 1400 g/mol. The molecule has 16 fully saturated rings. The van der Waals surface area contributed by atoms with Crippen LogP contribution in [0.25, 0.3) is 33.4 Å². The second-order valence-electron chi connectivity index (χ2n) is 38.5. The summed E-state index contributed by atoms with van der Waals surface area (Å²) in [5, 5.41) is 14.0. The van der Waals surface area contributed by atoms with Crippen LogP contribution < -0.4 is 35.8 Å². The number of carbonyl (C=O) groups is 3. The zero-order chi connectivity index (χ0) is 74.1. The zero-order valence-electron chi connectivity index (χ0n) is 64.8. The van der Waals surface area contributed by atoms with Crippen molar-refractivity contribution in [2.24, 2.45) is 111 Å². The van der Waals surface area contributed by atoms with E-state index in [0.29, 0.717) is 12.1 Å². The fourth-order valence-electron chi connectivity index (χ4n) is 24.2. The minimum Gasteiger partial charge on any atom is -1.00 e. The van der Waals surface area contributed by atoms with E-state index in [1.165, 1.54) is 161 Å². The molecule has 17 aliphatic rings. The third kappa shape index (κ3) is 18.1. The van der Waals surface area contributed by atoms with Gasteiger partial charge in [-0.3, -0.25) is 27.3 Å². The molecule has 596 valence electrons. The van der Waals surface area contributed by atoms with Crippen molar-refractivity contribution in [2.45, 2.75) is 237 Å². The van der Waals surface area contributed by atoms with Crippen LogP contribution >= 0.6 is 11.6 Å². The van der Waals surface area contributed by atoms with Crippen LogP contribution in [-0.2, 0) is 14.4 Å². The molecule has 0 aromatic heterocycles. The molecule has 4 N–H and O–H groups in total. The summed E-state index contributed by atoms with van der Waals surface area (Å²) < 4.78 is 29.0. The Morgan fingerprint density at radius 2 is 0.545 bits per heavy atom. The molecule has 6 aromatic carbocycles. The van der Waals surface area contributed by atoms with E-state index in [1.54, 1.807) is 33.6 Å². The maximum atomic E-state index is 12.4. The Labute approximate surface area is 663 Å². The summed E-state index contributed by atoms with van der Waals surface area (Å²) in [6.07, 6.45) is 29.9. The Bertz CT molecular complexity index is 3770. The first kappa shape index (κ1) is 84.1. The Kier molecular flexibility index (Phi) is 26.4. The van der Waals surface area contributed by atoms with Crippen molar-refractivity contribution in [3.05, 3.63) is 146 Å². The summed E-state index contributed by atoms with van der Waals surface area (Å²) in [6.45, 7) is 17.7. The molecule has 16 bridgehead atoms. The first-order valence-electron chi connectivity index (χ1n) is 41.1. The number of nitrogens with zero attached hydrogens (tertiary/aromatic N) is 2. The van der Waals surface area contributed by atoms with Gasteiger partial charge in [-0.25, -0.2) is 0 Å². The molecule has 110 heavy (non-hydrogen) atoms. The number of benzene rings is 6. The highest BCUT2D eigenvalue weighted by Crippen LogP contribution is 2.61. The number of para-hydroxylation sites is 6. The van der Waals surface area contributed by atoms with E-state index in [4.69, 9.17) is 11.6 Å². The highest BCUT2D eigenvalue weighted by atomic mass is 35.5. The van der Waals surface area contributed by atoms with Crippen molar-refractivity contribution < 1.29 is 32.0 Å². The molecule has 2 amide bonds. The van der Waals surface area contributed by atoms with Crippen molar-refractivity contribution >= 4 is 70.3 Å². The van der Waals surface area contributed by atoms with Gasteiger partial charge in [-0.1, -0.05) is 194 Å². The van der Waals surface area contributed by atoms with Crippen LogP contribution in [0.15, 0.2) is 146 Å². The lowest BCUT2D eigenvalue weighted by Gasteiger charge is -2.60. The molecule has 0 spiro atoms. The molecule has 0 saturated heterocycles. The quantitative estimate of drug-likeness (QED) is 0.0615. The number of carbonyl (C=O) groups excluding carboxylic acids is 3. The summed E-state index contributed by atoms with van der Waals surface area (Å²) in [5.74, 6) is 15.4. The summed E-state index contributed by atoms with van der Waals surface area (Å²) in [4.78, 5) is 41.1. The molecule has 1 aliphatic heterocycles. The Morgan fingerprint density at radius 1 is 0.336 bits per heavy atom. The topological polar surface area (TPSA) is 106 Å². The van der Waals surface area contributed by atoms with Gasteiger partial charge in [0, 0.05) is 108 Å². The number of hydrogen-bond donors (Lipinski definition) is 4. The molecule has 9 nitrogen and oxygen atoms in total. The normalized spacial score (nSPS) is 31.2. The average Bonchev–Trinajstić information content (AvgIpc) is 1.48. The van der Waals surface area contributed by atoms with E-state index in [0.717, 1.165) is 136 Å². The number of rotatable bonds is 10. The van der Waals surface area contributed by atoms with Crippen LogP contribution in [-0.4, -0.2) is 55.4 Å². The summed E-state index contributed by atoms with van der Waals surface area (Å²) >= 11 is 5.11. The van der Waals surface area contributed by atoms with Crippen LogP contribution in [0.3, 0.4) is 0 Å². The second kappa shape index (κ2) is 34.5. The van der Waals surface area contributed by atoms with Gasteiger partial charge in [-0.05, 0) is 271 Å². The van der Waals surface area contributed by atoms with E-state index in [9.17, 15) is 27.3 Å². The van der Waals surface area contributed by atoms with Crippen molar-refractivity contribution in [3.8, 4) is 33.4 Å². The minimum absolute atomic E-state index is 0. The first-order chi connectivity index (χ1) is 50.7. The lowest BCUT2D eigenvalue weighted by molar-refractivity contribution is -0.123. The summed E-state index contributed by atoms with van der Waals surface area (Å²) in [6, 6.07) is 55.4. The van der Waals surface area contributed by atoms with Gasteiger partial charge in [0.1, 0.15) is 0 Å². The van der Waals surface area contributed by atoms with Gasteiger partial charge in [-0.2, -0.15) is 0 Å². The first-order valence-corrected chi connectivity index (χ1v) is 41.5. The maximum absolute atomic E-state index is 12.4. The fourth-order valence-corrected chi connectivity index (χ4v) is 24.2. The van der Waals surface area contributed by atoms with E-state index in [2.05, 4.69) is 128 Å². The van der Waals surface area contributed by atoms with E-state index in [1.807, 2.05) is 90.1 Å². The van der Waals surface area contributed by atoms with Gasteiger partial charge in [0.05, 0.1) is 6.67 Å². The number of halogens is 5. The molecule has 16 saturated carbocycles. The highest BCUT2D eigenvalue weighted by Gasteiger charge is 2.55. The molecular formula is C95H129BClF4N6O3-. The van der Waals surface area contributed by atoms with E-state index < -0.39 is 18.4 Å². The highest BCUT2D eigenvalue weighted by molar-refractivity contribution is 6.64. The van der Waals surface area contributed by atoms with E-state index >= 15 is 0 Å². The van der Waals surface area contributed by atoms with Gasteiger partial charge in [0.25, 0.3) is 0 Å². The third-order valence-corrected chi connectivity index (χ3v) is 28.5. The van der Waals surface area contributed by atoms with Gasteiger partial charge in [-0.15, -0.1) is 0 Å². The van der Waals surface area contributed by atoms with Crippen molar-refractivity contribution in [3.63, 3.8) is 0 Å². The Hall–Kier alpha value is -6.80. The van der Waals surface area contributed by atoms with E-state index in [-0.39, 0.29) is 49.5 Å². The number of hydrogen-bond acceptors (Lipinski definition) is 7. The molecule has 0 unspecified atom stereocenters. The molecule has 1 heterocycles. The van der Waals surface area contributed by atoms with Gasteiger partial charge >= 0.3 is 7.54 Å². The molecule has 0 atom stereocenters. The van der Waals surface area contributed by atoms with Crippen LogP contribution in [0.1, 0.15) is 213 Å². The SMILES string of the molecule is C.C.C.CC(C)(C)C(=O)Cl.CC(C)(C)C(=O)Nc1ccccc1-c1ccccc1NC(=O)C(C)(C)C.FB(F)F.[F-].c1ccc(-c2ccccc2NC2C3CC4CC(C3)CC2C4)c(NC2C3CC4CC(C3)CC2C4)c1.c1ccc2c(c1)-c1ccccc1N(C1C3CC4CC(C3)CC1C4)CN2C1C2CC3CC(C2)CC1C3. The third-order valence-electron chi connectivity index (χ3n) is 27.9. The second-order valence-corrected chi connectivity index (χ2v) is 38.9. The number of nitrogens with one attached hydrogen (secondary N) is 4. The lowest BCUT2D eigenvalue weighted by atomic mass is 9.53. The Balaban J connectivity index is 0.000000152. The monoisotopic (exact) mass is 1520 g/mol. The smallest absolute Gasteiger partial charge is 0.762 e. The summed E-state index contributed by atoms with van der Waals surface area (Å²) in [7, 11) is -3.67. The molecule has 23 rings (SSSR count). The van der Waals surface area contributed by atoms with Crippen LogP contribution in [0.5, 0.6) is 0 Å². The molecule has 6 aromatic rings. The molecule has 16 aliphatic carbocycles. The standard InChI is InChI=1S/C33H40N2.C32H40N2.C22H28N2O2.C5H9ClO.3CH4.BF3.FH/c1-3-7-30-28(5-1)29-6-2-4-8-31(29)35(33-26-15-22-10-23(17-26)18-27(33)16-22)19-34(30)32-24-11-20-9-21(13-24)14-25(32)12-20;1-3-7-29(33-31-23-11-19-9-20(13-23)14-24(31)12-19)27(5-1)28-6-2-4-8-30(28)34-32-25-15-21-10-22(17-25)18-26(32)16-21;1-21(2,3)19(25)23-17-13-9-7-11-15(17)16-12-8-10-14-18(16)24-20(26)22(4,5)6;1-5(2,3)4(6)7;;;;2-1(3)4;/h1-8,20-27,32-33H,9-19H2;1-8,19-26,31-34H,9-18H2;7-14H,1-6H3,(H,23,25)(H,24,26);1-3H3;3*1H4;;1H/p-1. The van der Waals surface area contributed by atoms with Crippen molar-refractivity contribution in [1.82, 2.24) is 0 Å². The predicted molar refractivity (Wildman–Crippen MR) is 452 cm³/mol. The van der Waals surface area contributed by atoms with Crippen LogP contribution in [0.4, 0.5) is 47.1 Å². The average molecular weight is 1530 g/mol. The Morgan fingerprint density at radius 3 is 0.791 bits per heavy atom. The van der Waals surface area contributed by atoms with Gasteiger partial charge in [0.15, 0.2) is 0 Å². The molecule has 15 heteroatoms. The van der Waals surface area contributed by atoms with Gasteiger partial charge < -0.3 is 35.8 Å².